The normalized spacial score (nSPS) is 20.0. The topological polar surface area (TPSA) is 101 Å². The van der Waals surface area contributed by atoms with Gasteiger partial charge in [0.05, 0.1) is 4.92 Å². The predicted molar refractivity (Wildman–Crippen MR) is 103 cm³/mol. The average Bonchev–Trinajstić information content (AvgIpc) is 2.60. The molecule has 8 heteroatoms. The van der Waals surface area contributed by atoms with Gasteiger partial charge in [0.25, 0.3) is 0 Å². The number of nitrogens with zero attached hydrogens (tertiary/aromatic N) is 5. The highest BCUT2D eigenvalue weighted by molar-refractivity contribution is 5.72. The lowest BCUT2D eigenvalue weighted by Crippen LogP contribution is -2.39. The summed E-state index contributed by atoms with van der Waals surface area (Å²) in [6, 6.07) is 9.59. The van der Waals surface area contributed by atoms with Gasteiger partial charge in [-0.1, -0.05) is 32.0 Å². The monoisotopic (exact) mass is 356 g/mol. The van der Waals surface area contributed by atoms with E-state index in [1.807, 2.05) is 42.3 Å². The number of rotatable bonds is 4. The Balaban J connectivity index is 2.06. The largest absolute Gasteiger partial charge is 0.378 e. The van der Waals surface area contributed by atoms with Crippen molar-refractivity contribution in [2.24, 2.45) is 11.8 Å². The van der Waals surface area contributed by atoms with Crippen molar-refractivity contribution < 1.29 is 4.92 Å². The summed E-state index contributed by atoms with van der Waals surface area (Å²) in [5.74, 6) is 1.41. The van der Waals surface area contributed by atoms with Crippen LogP contribution in [-0.4, -0.2) is 35.0 Å². The first-order valence-corrected chi connectivity index (χ1v) is 8.72. The maximum atomic E-state index is 11.6. The maximum absolute atomic E-state index is 11.6. The molecule has 0 saturated carbocycles. The van der Waals surface area contributed by atoms with Gasteiger partial charge in [-0.25, -0.2) is 0 Å². The molecular formula is C18H24N6O2. The molecule has 2 atom stereocenters. The quantitative estimate of drug-likeness (QED) is 0.663. The molecule has 26 heavy (non-hydrogen) atoms. The van der Waals surface area contributed by atoms with E-state index in [-0.39, 0.29) is 11.5 Å². The fourth-order valence-electron chi connectivity index (χ4n) is 3.60. The number of hydrogen-bond acceptors (Lipinski definition) is 7. The van der Waals surface area contributed by atoms with Crippen molar-refractivity contribution in [3.8, 4) is 0 Å². The Morgan fingerprint density at radius 2 is 1.81 bits per heavy atom. The van der Waals surface area contributed by atoms with E-state index in [2.05, 4.69) is 23.8 Å². The van der Waals surface area contributed by atoms with E-state index in [1.54, 1.807) is 4.90 Å². The number of benzene rings is 1. The van der Waals surface area contributed by atoms with Crippen LogP contribution >= 0.6 is 0 Å². The summed E-state index contributed by atoms with van der Waals surface area (Å²) in [7, 11) is 1.82. The van der Waals surface area contributed by atoms with E-state index in [1.165, 1.54) is 0 Å². The van der Waals surface area contributed by atoms with Crippen molar-refractivity contribution in [3.05, 3.63) is 40.4 Å². The number of aromatic nitrogens is 2. The van der Waals surface area contributed by atoms with Crippen molar-refractivity contribution in [1.29, 1.82) is 0 Å². The van der Waals surface area contributed by atoms with Crippen molar-refractivity contribution in [3.63, 3.8) is 0 Å². The van der Waals surface area contributed by atoms with E-state index in [0.717, 1.165) is 25.2 Å². The molecule has 1 aliphatic heterocycles. The third kappa shape index (κ3) is 3.54. The number of hydrogen-bond donors (Lipinski definition) is 1. The lowest BCUT2D eigenvalue weighted by atomic mass is 9.92. The molecule has 2 aromatic rings. The van der Waals surface area contributed by atoms with E-state index in [0.29, 0.717) is 23.6 Å². The molecule has 0 radical (unpaired) electrons. The molecule has 1 aromatic heterocycles. The predicted octanol–water partition coefficient (Wildman–Crippen LogP) is 3.22. The first-order chi connectivity index (χ1) is 12.4. The molecule has 1 aliphatic rings. The number of nitrogen functional groups attached to an aromatic ring is 1. The summed E-state index contributed by atoms with van der Waals surface area (Å²) in [6.45, 7) is 5.73. The number of nitrogens with two attached hydrogens (primary N) is 1. The van der Waals surface area contributed by atoms with E-state index in [4.69, 9.17) is 5.73 Å². The zero-order valence-corrected chi connectivity index (χ0v) is 15.3. The fraction of sp³-hybridized carbons (Fsp3) is 0.444. The van der Waals surface area contributed by atoms with Gasteiger partial charge in [-0.15, -0.1) is 0 Å². The Hall–Kier alpha value is -2.90. The molecule has 3 rings (SSSR count). The highest BCUT2D eigenvalue weighted by atomic mass is 16.6. The average molecular weight is 356 g/mol. The van der Waals surface area contributed by atoms with Gasteiger partial charge in [0.2, 0.25) is 17.6 Å². The van der Waals surface area contributed by atoms with Gasteiger partial charge in [-0.3, -0.25) is 10.1 Å². The molecule has 0 aliphatic carbocycles. The van der Waals surface area contributed by atoms with Gasteiger partial charge >= 0.3 is 5.69 Å². The van der Waals surface area contributed by atoms with Crippen LogP contribution in [0, 0.1) is 22.0 Å². The Bertz CT molecular complexity index is 788. The van der Waals surface area contributed by atoms with E-state index < -0.39 is 4.92 Å². The number of para-hydroxylation sites is 1. The van der Waals surface area contributed by atoms with Crippen molar-refractivity contribution in [2.75, 3.05) is 35.7 Å². The Morgan fingerprint density at radius 3 is 2.38 bits per heavy atom. The summed E-state index contributed by atoms with van der Waals surface area (Å²) < 4.78 is 0. The number of anilines is 4. The molecule has 8 nitrogen and oxygen atoms in total. The first kappa shape index (κ1) is 17.9. The van der Waals surface area contributed by atoms with Gasteiger partial charge < -0.3 is 15.5 Å². The molecule has 138 valence electrons. The second-order valence-corrected chi connectivity index (χ2v) is 7.08. The molecule has 1 fully saturated rings. The van der Waals surface area contributed by atoms with Gasteiger partial charge in [0, 0.05) is 25.8 Å². The number of piperidine rings is 1. The van der Waals surface area contributed by atoms with Crippen molar-refractivity contribution >= 4 is 29.0 Å². The molecule has 0 unspecified atom stereocenters. The van der Waals surface area contributed by atoms with Crippen LogP contribution < -0.4 is 15.5 Å². The summed E-state index contributed by atoms with van der Waals surface area (Å²) in [6.07, 6.45) is 1.10. The molecule has 0 spiro atoms. The molecule has 2 N–H and O–H groups in total. The minimum absolute atomic E-state index is 0.108. The standard InChI is InChI=1S/C18H24N6O2/c1-12-9-13(2)11-23(10-12)17-15(24(25)26)16(19)20-18(21-17)22(3)14-7-5-4-6-8-14/h4-8,12-13H,9-11H2,1-3H3,(H2,19,20,21)/t12-,13-/m1/s1. The van der Waals surface area contributed by atoms with Crippen LogP contribution in [0.5, 0.6) is 0 Å². The van der Waals surface area contributed by atoms with Crippen LogP contribution in [0.3, 0.4) is 0 Å². The minimum atomic E-state index is -0.485. The van der Waals surface area contributed by atoms with Crippen LogP contribution in [0.4, 0.5) is 29.0 Å². The van der Waals surface area contributed by atoms with Crippen LogP contribution in [0.25, 0.3) is 0 Å². The summed E-state index contributed by atoms with van der Waals surface area (Å²) in [4.78, 5) is 23.6. The molecule has 0 amide bonds. The second kappa shape index (κ2) is 7.15. The molecule has 1 aromatic carbocycles. The maximum Gasteiger partial charge on any atom is 0.353 e. The van der Waals surface area contributed by atoms with Gasteiger partial charge in [0.15, 0.2) is 0 Å². The van der Waals surface area contributed by atoms with Crippen LogP contribution in [0.2, 0.25) is 0 Å². The Morgan fingerprint density at radius 1 is 1.19 bits per heavy atom. The van der Waals surface area contributed by atoms with Crippen LogP contribution in [0.15, 0.2) is 30.3 Å². The van der Waals surface area contributed by atoms with E-state index >= 15 is 0 Å². The fourth-order valence-corrected chi connectivity index (χ4v) is 3.60. The third-order valence-corrected chi connectivity index (χ3v) is 4.68. The second-order valence-electron chi connectivity index (χ2n) is 7.08. The summed E-state index contributed by atoms with van der Waals surface area (Å²) >= 11 is 0. The summed E-state index contributed by atoms with van der Waals surface area (Å²) in [5, 5.41) is 11.6. The zero-order valence-electron chi connectivity index (χ0n) is 15.3. The summed E-state index contributed by atoms with van der Waals surface area (Å²) in [5.41, 5.74) is 6.64. The SMILES string of the molecule is C[C@@H]1C[C@@H](C)CN(c2nc(N(C)c3ccccc3)nc(N)c2[N+](=O)[O-])C1. The van der Waals surface area contributed by atoms with Crippen molar-refractivity contribution in [1.82, 2.24) is 9.97 Å². The van der Waals surface area contributed by atoms with Gasteiger partial charge in [0.1, 0.15) is 0 Å². The van der Waals surface area contributed by atoms with Crippen LogP contribution in [0.1, 0.15) is 20.3 Å². The van der Waals surface area contributed by atoms with Gasteiger partial charge in [-0.05, 0) is 30.4 Å². The molecular weight excluding hydrogens is 332 g/mol. The minimum Gasteiger partial charge on any atom is -0.378 e. The first-order valence-electron chi connectivity index (χ1n) is 8.72. The highest BCUT2D eigenvalue weighted by Crippen LogP contribution is 2.36. The molecule has 2 heterocycles. The molecule has 1 saturated heterocycles. The smallest absolute Gasteiger partial charge is 0.353 e. The molecule has 0 bridgehead atoms. The highest BCUT2D eigenvalue weighted by Gasteiger charge is 2.32. The third-order valence-electron chi connectivity index (χ3n) is 4.68. The lowest BCUT2D eigenvalue weighted by molar-refractivity contribution is -0.383. The lowest BCUT2D eigenvalue weighted by Gasteiger charge is -2.35. The Labute approximate surface area is 152 Å². The number of nitro groups is 1. The Kier molecular flexibility index (Phi) is 4.92. The van der Waals surface area contributed by atoms with Gasteiger partial charge in [-0.2, -0.15) is 9.97 Å². The van der Waals surface area contributed by atoms with E-state index in [9.17, 15) is 10.1 Å². The van der Waals surface area contributed by atoms with Crippen molar-refractivity contribution in [2.45, 2.75) is 20.3 Å². The van der Waals surface area contributed by atoms with Crippen LogP contribution in [-0.2, 0) is 0 Å². The zero-order chi connectivity index (χ0) is 18.8.